The number of nitrogens with zero attached hydrogens (tertiary/aromatic N) is 3. The van der Waals surface area contributed by atoms with E-state index in [-0.39, 0.29) is 5.91 Å². The lowest BCUT2D eigenvalue weighted by Gasteiger charge is -2.13. The van der Waals surface area contributed by atoms with E-state index in [0.29, 0.717) is 5.69 Å². The molecule has 1 unspecified atom stereocenters. The molecule has 2 heterocycles. The van der Waals surface area contributed by atoms with Crippen LogP contribution >= 0.6 is 0 Å². The molecule has 1 aromatic heterocycles. The Morgan fingerprint density at radius 3 is 2.56 bits per heavy atom. The topological polar surface area (TPSA) is 85.8 Å². The average Bonchev–Trinajstić information content (AvgIpc) is 2.96. The smallest absolute Gasteiger partial charge is 0.245 e. The molecule has 0 saturated carbocycles. The highest BCUT2D eigenvalue weighted by Crippen LogP contribution is 2.24. The molecule has 27 heavy (non-hydrogen) atoms. The van der Waals surface area contributed by atoms with Gasteiger partial charge in [0.05, 0.1) is 0 Å². The number of aromatic nitrogens is 3. The molecule has 1 aliphatic heterocycles. The number of hydrogen-bond donors (Lipinski definition) is 2. The van der Waals surface area contributed by atoms with E-state index >= 15 is 0 Å². The number of carbonyl (C=O) groups excluding carboxylic acids is 1. The fourth-order valence-corrected chi connectivity index (χ4v) is 3.43. The van der Waals surface area contributed by atoms with Crippen LogP contribution in [-0.2, 0) is 17.8 Å². The summed E-state index contributed by atoms with van der Waals surface area (Å²) in [5, 5.41) is 11.6. The minimum Gasteiger partial charge on any atom is -0.324 e. The number of fused-ring (bicyclic) bond motifs is 1. The number of amides is 1. The Bertz CT molecular complexity index is 918. The standard InChI is InChI=1S/C21H23N5O/c22-19(15-7-3-1-4-8-15)21(27)23-17-12-10-16(11-13-17)20-25-24-18-9-5-2-6-14-26(18)20/h1,3-4,7-8,10-13,19H,2,5-6,9,14,22H2,(H,23,27). The van der Waals surface area contributed by atoms with Gasteiger partial charge >= 0.3 is 0 Å². The maximum atomic E-state index is 12.4. The number of anilines is 1. The van der Waals surface area contributed by atoms with Gasteiger partial charge in [-0.2, -0.15) is 0 Å². The number of hydrogen-bond acceptors (Lipinski definition) is 4. The first-order valence-electron chi connectivity index (χ1n) is 9.36. The van der Waals surface area contributed by atoms with Crippen molar-refractivity contribution in [1.29, 1.82) is 0 Å². The summed E-state index contributed by atoms with van der Waals surface area (Å²) in [6.07, 6.45) is 4.54. The fourth-order valence-electron chi connectivity index (χ4n) is 3.43. The zero-order valence-corrected chi connectivity index (χ0v) is 15.1. The van der Waals surface area contributed by atoms with Crippen molar-refractivity contribution < 1.29 is 4.79 Å². The van der Waals surface area contributed by atoms with Crippen LogP contribution in [-0.4, -0.2) is 20.7 Å². The minimum atomic E-state index is -0.696. The van der Waals surface area contributed by atoms with Crippen LogP contribution in [0.1, 0.15) is 36.7 Å². The van der Waals surface area contributed by atoms with Crippen LogP contribution in [0.2, 0.25) is 0 Å². The van der Waals surface area contributed by atoms with Crippen LogP contribution in [0.3, 0.4) is 0 Å². The second-order valence-electron chi connectivity index (χ2n) is 6.86. The van der Waals surface area contributed by atoms with Crippen LogP contribution in [0, 0.1) is 0 Å². The molecule has 0 saturated heterocycles. The van der Waals surface area contributed by atoms with Crippen LogP contribution in [0.4, 0.5) is 5.69 Å². The van der Waals surface area contributed by atoms with Crippen molar-refractivity contribution in [2.24, 2.45) is 5.73 Å². The summed E-state index contributed by atoms with van der Waals surface area (Å²) in [5.74, 6) is 1.73. The molecule has 6 heteroatoms. The van der Waals surface area contributed by atoms with Crippen molar-refractivity contribution >= 4 is 11.6 Å². The van der Waals surface area contributed by atoms with E-state index in [4.69, 9.17) is 5.73 Å². The Balaban J connectivity index is 1.48. The molecule has 0 spiro atoms. The number of carbonyl (C=O) groups is 1. The van der Waals surface area contributed by atoms with E-state index in [1.165, 1.54) is 12.8 Å². The largest absolute Gasteiger partial charge is 0.324 e. The normalized spacial score (nSPS) is 14.9. The van der Waals surface area contributed by atoms with Crippen molar-refractivity contribution in [3.05, 3.63) is 66.0 Å². The van der Waals surface area contributed by atoms with Crippen molar-refractivity contribution in [3.63, 3.8) is 0 Å². The third-order valence-electron chi connectivity index (χ3n) is 4.96. The number of aryl methyl sites for hydroxylation is 1. The molecule has 2 aromatic carbocycles. The van der Waals surface area contributed by atoms with Gasteiger partial charge in [0.2, 0.25) is 5.91 Å². The number of rotatable bonds is 4. The molecule has 6 nitrogen and oxygen atoms in total. The predicted octanol–water partition coefficient (Wildman–Crippen LogP) is 3.31. The summed E-state index contributed by atoms with van der Waals surface area (Å²) in [5.41, 5.74) is 8.56. The van der Waals surface area contributed by atoms with E-state index in [1.54, 1.807) is 0 Å². The molecular weight excluding hydrogens is 338 g/mol. The quantitative estimate of drug-likeness (QED) is 0.746. The number of nitrogens with two attached hydrogens (primary N) is 1. The van der Waals surface area contributed by atoms with Crippen LogP contribution in [0.5, 0.6) is 0 Å². The van der Waals surface area contributed by atoms with Gasteiger partial charge in [-0.3, -0.25) is 4.79 Å². The summed E-state index contributed by atoms with van der Waals surface area (Å²) in [7, 11) is 0. The highest BCUT2D eigenvalue weighted by atomic mass is 16.2. The molecular formula is C21H23N5O. The van der Waals surface area contributed by atoms with Crippen molar-refractivity contribution in [3.8, 4) is 11.4 Å². The minimum absolute atomic E-state index is 0.231. The summed E-state index contributed by atoms with van der Waals surface area (Å²) in [6, 6.07) is 16.3. The Labute approximate surface area is 158 Å². The van der Waals surface area contributed by atoms with Gasteiger partial charge in [0.25, 0.3) is 0 Å². The number of benzene rings is 2. The molecule has 1 atom stereocenters. The van der Waals surface area contributed by atoms with Crippen molar-refractivity contribution in [2.75, 3.05) is 5.32 Å². The first-order valence-corrected chi connectivity index (χ1v) is 9.36. The summed E-state index contributed by atoms with van der Waals surface area (Å²) in [6.45, 7) is 0.960. The van der Waals surface area contributed by atoms with Gasteiger partial charge < -0.3 is 15.6 Å². The maximum Gasteiger partial charge on any atom is 0.245 e. The lowest BCUT2D eigenvalue weighted by molar-refractivity contribution is -0.117. The van der Waals surface area contributed by atoms with Gasteiger partial charge in [-0.15, -0.1) is 10.2 Å². The van der Waals surface area contributed by atoms with Crippen LogP contribution in [0.25, 0.3) is 11.4 Å². The van der Waals surface area contributed by atoms with E-state index in [1.807, 2.05) is 54.6 Å². The van der Waals surface area contributed by atoms with E-state index in [2.05, 4.69) is 20.1 Å². The maximum absolute atomic E-state index is 12.4. The SMILES string of the molecule is NC(C(=O)Nc1ccc(-c2nnc3n2CCCCC3)cc1)c1ccccc1. The first-order chi connectivity index (χ1) is 13.2. The lowest BCUT2D eigenvalue weighted by atomic mass is 10.1. The Morgan fingerprint density at radius 2 is 1.78 bits per heavy atom. The van der Waals surface area contributed by atoms with Gasteiger partial charge in [-0.05, 0) is 42.7 Å². The molecule has 1 amide bonds. The highest BCUT2D eigenvalue weighted by molar-refractivity contribution is 5.95. The fraction of sp³-hybridized carbons (Fsp3) is 0.286. The summed E-state index contributed by atoms with van der Waals surface area (Å²) >= 11 is 0. The zero-order valence-electron chi connectivity index (χ0n) is 15.1. The van der Waals surface area contributed by atoms with Gasteiger partial charge in [-0.1, -0.05) is 36.8 Å². The molecule has 3 N–H and O–H groups in total. The van der Waals surface area contributed by atoms with Crippen molar-refractivity contribution in [1.82, 2.24) is 14.8 Å². The second-order valence-corrected chi connectivity index (χ2v) is 6.86. The Hall–Kier alpha value is -2.99. The Morgan fingerprint density at radius 1 is 1.00 bits per heavy atom. The molecule has 3 aromatic rings. The van der Waals surface area contributed by atoms with E-state index in [0.717, 1.165) is 42.2 Å². The molecule has 0 bridgehead atoms. The van der Waals surface area contributed by atoms with Crippen LogP contribution in [0.15, 0.2) is 54.6 Å². The highest BCUT2D eigenvalue weighted by Gasteiger charge is 2.17. The lowest BCUT2D eigenvalue weighted by Crippen LogP contribution is -2.27. The molecule has 4 rings (SSSR count). The average molecular weight is 361 g/mol. The molecule has 0 radical (unpaired) electrons. The molecule has 1 aliphatic rings. The van der Waals surface area contributed by atoms with Gasteiger partial charge in [0.15, 0.2) is 5.82 Å². The molecule has 138 valence electrons. The van der Waals surface area contributed by atoms with Gasteiger partial charge in [0, 0.05) is 24.2 Å². The second kappa shape index (κ2) is 7.72. The Kier molecular flexibility index (Phi) is 4.98. The monoisotopic (exact) mass is 361 g/mol. The first kappa shape index (κ1) is 17.4. The molecule has 0 fully saturated rings. The third kappa shape index (κ3) is 3.75. The number of nitrogens with one attached hydrogen (secondary N) is 1. The van der Waals surface area contributed by atoms with Crippen molar-refractivity contribution in [2.45, 2.75) is 38.3 Å². The van der Waals surface area contributed by atoms with E-state index in [9.17, 15) is 4.79 Å². The van der Waals surface area contributed by atoms with Crippen LogP contribution < -0.4 is 11.1 Å². The van der Waals surface area contributed by atoms with Gasteiger partial charge in [0.1, 0.15) is 11.9 Å². The summed E-state index contributed by atoms with van der Waals surface area (Å²) < 4.78 is 2.21. The molecule has 0 aliphatic carbocycles. The van der Waals surface area contributed by atoms with E-state index < -0.39 is 6.04 Å². The third-order valence-corrected chi connectivity index (χ3v) is 4.96. The predicted molar refractivity (Wildman–Crippen MR) is 105 cm³/mol. The van der Waals surface area contributed by atoms with Gasteiger partial charge in [-0.25, -0.2) is 0 Å². The summed E-state index contributed by atoms with van der Waals surface area (Å²) in [4.78, 5) is 12.4. The zero-order chi connectivity index (χ0) is 18.6.